The van der Waals surface area contributed by atoms with Crippen molar-refractivity contribution < 1.29 is 4.48 Å². The number of hydrogen-bond acceptors (Lipinski definition) is 2. The third-order valence-electron chi connectivity index (χ3n) is 4.89. The van der Waals surface area contributed by atoms with Crippen molar-refractivity contribution >= 4 is 11.4 Å². The average Bonchev–Trinajstić information content (AvgIpc) is 2.99. The zero-order valence-electron chi connectivity index (χ0n) is 11.3. The van der Waals surface area contributed by atoms with Crippen molar-refractivity contribution in [3.05, 3.63) is 24.3 Å². The van der Waals surface area contributed by atoms with Gasteiger partial charge in [-0.2, -0.15) is 0 Å². The highest BCUT2D eigenvalue weighted by Gasteiger charge is 2.40. The lowest BCUT2D eigenvalue weighted by Crippen LogP contribution is -2.51. The first kappa shape index (κ1) is 11.8. The van der Waals surface area contributed by atoms with E-state index in [2.05, 4.69) is 24.1 Å². The van der Waals surface area contributed by atoms with Gasteiger partial charge in [0.25, 0.3) is 0 Å². The number of hydrogen-bond donors (Lipinski definition) is 1. The number of likely N-dealkylation sites (N-methyl/N-ethyl adjacent to an activating group) is 1. The maximum Gasteiger partial charge on any atom is 0.108 e. The van der Waals surface area contributed by atoms with Crippen LogP contribution in [0, 0.1) is 0 Å². The summed E-state index contributed by atoms with van der Waals surface area (Å²) < 4.78 is 1.30. The van der Waals surface area contributed by atoms with Crippen LogP contribution in [0.3, 0.4) is 0 Å². The van der Waals surface area contributed by atoms with E-state index in [0.29, 0.717) is 0 Å². The molecule has 0 radical (unpaired) electrons. The van der Waals surface area contributed by atoms with Gasteiger partial charge in [0.1, 0.15) is 6.04 Å². The fourth-order valence-electron chi connectivity index (χ4n) is 3.59. The van der Waals surface area contributed by atoms with E-state index in [-0.39, 0.29) is 0 Å². The van der Waals surface area contributed by atoms with E-state index in [0.717, 1.165) is 11.7 Å². The van der Waals surface area contributed by atoms with Gasteiger partial charge in [-0.3, -0.25) is 0 Å². The molecule has 98 valence electrons. The van der Waals surface area contributed by atoms with Gasteiger partial charge in [-0.05, 0) is 24.3 Å². The van der Waals surface area contributed by atoms with Gasteiger partial charge < -0.3 is 15.1 Å². The standard InChI is InChI=1S/C15H24N3/c1-18(10-2-3-11-18)15-8-9-17(12-15)14-6-4-13(16)5-7-14/h4-7,15H,2-3,8-12,16H2,1H3/q+1. The Kier molecular flexibility index (Phi) is 2.94. The summed E-state index contributed by atoms with van der Waals surface area (Å²) in [5.74, 6) is 0. The minimum absolute atomic E-state index is 0.824. The number of anilines is 2. The van der Waals surface area contributed by atoms with Crippen LogP contribution in [-0.4, -0.2) is 43.8 Å². The summed E-state index contributed by atoms with van der Waals surface area (Å²) >= 11 is 0. The highest BCUT2D eigenvalue weighted by molar-refractivity contribution is 5.53. The van der Waals surface area contributed by atoms with E-state index in [4.69, 9.17) is 5.73 Å². The van der Waals surface area contributed by atoms with Gasteiger partial charge in [0.05, 0.1) is 26.7 Å². The molecule has 0 amide bonds. The third kappa shape index (κ3) is 2.07. The van der Waals surface area contributed by atoms with Crippen LogP contribution in [-0.2, 0) is 0 Å². The molecule has 1 unspecified atom stereocenters. The summed E-state index contributed by atoms with van der Waals surface area (Å²) in [6, 6.07) is 9.15. The molecule has 3 heteroatoms. The molecule has 0 spiro atoms. The Morgan fingerprint density at radius 1 is 1.17 bits per heavy atom. The van der Waals surface area contributed by atoms with Gasteiger partial charge in [0, 0.05) is 37.2 Å². The second-order valence-electron chi connectivity index (χ2n) is 6.11. The predicted molar refractivity (Wildman–Crippen MR) is 76.6 cm³/mol. The van der Waals surface area contributed by atoms with Crippen molar-refractivity contribution in [2.24, 2.45) is 0 Å². The lowest BCUT2D eigenvalue weighted by Gasteiger charge is -2.35. The summed E-state index contributed by atoms with van der Waals surface area (Å²) in [7, 11) is 2.45. The van der Waals surface area contributed by atoms with Crippen LogP contribution in [0.1, 0.15) is 19.3 Å². The molecule has 2 heterocycles. The van der Waals surface area contributed by atoms with Gasteiger partial charge in [-0.25, -0.2) is 0 Å². The first-order valence-electron chi connectivity index (χ1n) is 7.12. The number of nitrogen functional groups attached to an aromatic ring is 1. The molecular weight excluding hydrogens is 222 g/mol. The summed E-state index contributed by atoms with van der Waals surface area (Å²) in [6.07, 6.45) is 4.16. The van der Waals surface area contributed by atoms with E-state index in [1.807, 2.05) is 12.1 Å². The van der Waals surface area contributed by atoms with Crippen molar-refractivity contribution in [3.8, 4) is 0 Å². The lowest BCUT2D eigenvalue weighted by molar-refractivity contribution is -0.919. The minimum atomic E-state index is 0.824. The first-order valence-corrected chi connectivity index (χ1v) is 7.12. The van der Waals surface area contributed by atoms with Crippen molar-refractivity contribution in [1.82, 2.24) is 0 Å². The summed E-state index contributed by atoms with van der Waals surface area (Å²) in [4.78, 5) is 2.52. The molecule has 1 atom stereocenters. The monoisotopic (exact) mass is 246 g/mol. The molecule has 1 aromatic carbocycles. The zero-order chi connectivity index (χ0) is 12.6. The van der Waals surface area contributed by atoms with Crippen LogP contribution in [0.25, 0.3) is 0 Å². The lowest BCUT2D eigenvalue weighted by atomic mass is 10.2. The Balaban J connectivity index is 1.69. The van der Waals surface area contributed by atoms with Crippen LogP contribution < -0.4 is 10.6 Å². The molecule has 1 aromatic rings. The molecular formula is C15H24N3+. The predicted octanol–water partition coefficient (Wildman–Crippen LogP) is 2.09. The molecule has 2 aliphatic rings. The van der Waals surface area contributed by atoms with Crippen molar-refractivity contribution in [2.75, 3.05) is 43.9 Å². The van der Waals surface area contributed by atoms with Gasteiger partial charge in [0.2, 0.25) is 0 Å². The SMILES string of the molecule is C[N+]1(C2CCN(c3ccc(N)cc3)C2)CCCC1. The Labute approximate surface area is 110 Å². The van der Waals surface area contributed by atoms with E-state index >= 15 is 0 Å². The topological polar surface area (TPSA) is 29.3 Å². The summed E-state index contributed by atoms with van der Waals surface area (Å²) in [5.41, 5.74) is 7.94. The van der Waals surface area contributed by atoms with Crippen LogP contribution in [0.4, 0.5) is 11.4 Å². The number of likely N-dealkylation sites (tertiary alicyclic amines) is 1. The molecule has 18 heavy (non-hydrogen) atoms. The van der Waals surface area contributed by atoms with Gasteiger partial charge in [0.15, 0.2) is 0 Å². The van der Waals surface area contributed by atoms with Gasteiger partial charge in [-0.15, -0.1) is 0 Å². The molecule has 0 aromatic heterocycles. The maximum absolute atomic E-state index is 5.75. The highest BCUT2D eigenvalue weighted by Crippen LogP contribution is 2.30. The summed E-state index contributed by atoms with van der Waals surface area (Å²) in [6.45, 7) is 5.16. The molecule has 0 bridgehead atoms. The Morgan fingerprint density at radius 2 is 1.83 bits per heavy atom. The number of rotatable bonds is 2. The number of quaternary nitrogens is 1. The van der Waals surface area contributed by atoms with Gasteiger partial charge >= 0.3 is 0 Å². The van der Waals surface area contributed by atoms with E-state index in [9.17, 15) is 0 Å². The van der Waals surface area contributed by atoms with Crippen molar-refractivity contribution in [1.29, 1.82) is 0 Å². The highest BCUT2D eigenvalue weighted by atomic mass is 15.4. The number of nitrogens with zero attached hydrogens (tertiary/aromatic N) is 2. The minimum Gasteiger partial charge on any atom is -0.399 e. The largest absolute Gasteiger partial charge is 0.399 e. The van der Waals surface area contributed by atoms with Crippen molar-refractivity contribution in [3.63, 3.8) is 0 Å². The second-order valence-corrected chi connectivity index (χ2v) is 6.11. The van der Waals surface area contributed by atoms with Gasteiger partial charge in [-0.1, -0.05) is 0 Å². The average molecular weight is 246 g/mol. The van der Waals surface area contributed by atoms with E-state index < -0.39 is 0 Å². The van der Waals surface area contributed by atoms with Crippen LogP contribution in [0.5, 0.6) is 0 Å². The fourth-order valence-corrected chi connectivity index (χ4v) is 3.59. The second kappa shape index (κ2) is 4.47. The smallest absolute Gasteiger partial charge is 0.108 e. The Hall–Kier alpha value is -1.22. The molecule has 2 fully saturated rings. The number of nitrogens with two attached hydrogens (primary N) is 1. The Bertz CT molecular complexity index is 406. The van der Waals surface area contributed by atoms with Crippen LogP contribution in [0.2, 0.25) is 0 Å². The number of benzene rings is 1. The van der Waals surface area contributed by atoms with Crippen LogP contribution in [0.15, 0.2) is 24.3 Å². The Morgan fingerprint density at radius 3 is 2.50 bits per heavy atom. The third-order valence-corrected chi connectivity index (χ3v) is 4.89. The molecule has 3 nitrogen and oxygen atoms in total. The molecule has 0 saturated carbocycles. The molecule has 0 aliphatic carbocycles. The molecule has 2 N–H and O–H groups in total. The molecule has 2 aliphatic heterocycles. The molecule has 3 rings (SSSR count). The van der Waals surface area contributed by atoms with Crippen LogP contribution >= 0.6 is 0 Å². The quantitative estimate of drug-likeness (QED) is 0.639. The van der Waals surface area contributed by atoms with E-state index in [1.54, 1.807) is 0 Å². The zero-order valence-corrected chi connectivity index (χ0v) is 11.3. The fraction of sp³-hybridized carbons (Fsp3) is 0.600. The first-order chi connectivity index (χ1) is 8.67. The normalized spacial score (nSPS) is 26.7. The maximum atomic E-state index is 5.75. The molecule has 2 saturated heterocycles. The summed E-state index contributed by atoms with van der Waals surface area (Å²) in [5, 5.41) is 0. The van der Waals surface area contributed by atoms with Crippen molar-refractivity contribution in [2.45, 2.75) is 25.3 Å². The van der Waals surface area contributed by atoms with E-state index in [1.165, 1.54) is 55.6 Å².